The van der Waals surface area contributed by atoms with Crippen LogP contribution < -0.4 is 4.90 Å². The van der Waals surface area contributed by atoms with Gasteiger partial charge in [-0.3, -0.25) is 14.5 Å². The molecule has 0 aromatic heterocycles. The maximum atomic E-state index is 11.7. The number of carboxylic acid groups (broad SMARTS) is 1. The van der Waals surface area contributed by atoms with Crippen molar-refractivity contribution < 1.29 is 19.5 Å². The molecular weight excluding hydrogens is 290 g/mol. The standard InChI is InChI=1S/C11H8BrNO4/c1-5(11(16)17)13-8-3-2-6(12)4-7(8)9(14)10(13)15/h2-5H,1H3,(H,16,17)/t5-/m1/s1. The van der Waals surface area contributed by atoms with E-state index in [1.165, 1.54) is 13.0 Å². The van der Waals surface area contributed by atoms with Gasteiger partial charge in [0.2, 0.25) is 0 Å². The highest BCUT2D eigenvalue weighted by Gasteiger charge is 2.40. The molecule has 0 saturated heterocycles. The van der Waals surface area contributed by atoms with E-state index in [0.29, 0.717) is 10.2 Å². The topological polar surface area (TPSA) is 74.7 Å². The van der Waals surface area contributed by atoms with Gasteiger partial charge in [0.1, 0.15) is 6.04 Å². The molecule has 0 radical (unpaired) electrons. The molecular formula is C11H8BrNO4. The monoisotopic (exact) mass is 297 g/mol. The van der Waals surface area contributed by atoms with Gasteiger partial charge in [-0.25, -0.2) is 4.79 Å². The predicted molar refractivity (Wildman–Crippen MR) is 63.1 cm³/mol. The van der Waals surface area contributed by atoms with Crippen LogP contribution in [-0.2, 0) is 9.59 Å². The van der Waals surface area contributed by atoms with Crippen molar-refractivity contribution >= 4 is 39.3 Å². The van der Waals surface area contributed by atoms with Gasteiger partial charge in [0.05, 0.1) is 11.3 Å². The van der Waals surface area contributed by atoms with E-state index < -0.39 is 23.7 Å². The van der Waals surface area contributed by atoms with Crippen LogP contribution in [-0.4, -0.2) is 28.8 Å². The largest absolute Gasteiger partial charge is 0.480 e. The van der Waals surface area contributed by atoms with Crippen LogP contribution >= 0.6 is 15.9 Å². The van der Waals surface area contributed by atoms with Crippen LogP contribution in [0.5, 0.6) is 0 Å². The number of carbonyl (C=O) groups excluding carboxylic acids is 2. The number of nitrogens with zero attached hydrogens (tertiary/aromatic N) is 1. The Morgan fingerprint density at radius 3 is 2.65 bits per heavy atom. The number of fused-ring (bicyclic) bond motifs is 1. The highest BCUT2D eigenvalue weighted by Crippen LogP contribution is 2.32. The van der Waals surface area contributed by atoms with Gasteiger partial charge in [-0.2, -0.15) is 0 Å². The normalized spacial score (nSPS) is 16.0. The Hall–Kier alpha value is -1.69. The summed E-state index contributed by atoms with van der Waals surface area (Å²) in [6, 6.07) is 3.67. The Balaban J connectivity index is 2.56. The number of Topliss-reactive ketones (excluding diaryl/α,β-unsaturated/α-hetero) is 1. The third-order valence-corrected chi connectivity index (χ3v) is 3.11. The molecule has 0 saturated carbocycles. The Bertz CT molecular complexity index is 540. The van der Waals surface area contributed by atoms with Gasteiger partial charge in [-0.05, 0) is 25.1 Å². The van der Waals surface area contributed by atoms with E-state index in [0.717, 1.165) is 4.90 Å². The second-order valence-electron chi connectivity index (χ2n) is 3.68. The number of benzene rings is 1. The quantitative estimate of drug-likeness (QED) is 0.839. The number of halogens is 1. The molecule has 5 nitrogen and oxygen atoms in total. The lowest BCUT2D eigenvalue weighted by atomic mass is 10.1. The van der Waals surface area contributed by atoms with Crippen molar-refractivity contribution in [3.63, 3.8) is 0 Å². The molecule has 88 valence electrons. The summed E-state index contributed by atoms with van der Waals surface area (Å²) in [5.74, 6) is -2.62. The summed E-state index contributed by atoms with van der Waals surface area (Å²) < 4.78 is 0.669. The van der Waals surface area contributed by atoms with Gasteiger partial charge in [0, 0.05) is 4.47 Å². The van der Waals surface area contributed by atoms with Crippen LogP contribution in [0.25, 0.3) is 0 Å². The molecule has 1 heterocycles. The molecule has 17 heavy (non-hydrogen) atoms. The predicted octanol–water partition coefficient (Wildman–Crippen LogP) is 1.45. The molecule has 0 fully saturated rings. The number of carbonyl (C=O) groups is 3. The molecule has 2 rings (SSSR count). The summed E-state index contributed by atoms with van der Waals surface area (Å²) in [6.45, 7) is 1.37. The Kier molecular flexibility index (Phi) is 2.74. The maximum absolute atomic E-state index is 11.7. The van der Waals surface area contributed by atoms with Gasteiger partial charge >= 0.3 is 5.97 Å². The SMILES string of the molecule is C[C@H](C(=O)O)N1C(=O)C(=O)c2cc(Br)ccc21. The van der Waals surface area contributed by atoms with E-state index in [1.54, 1.807) is 12.1 Å². The van der Waals surface area contributed by atoms with E-state index in [4.69, 9.17) is 5.11 Å². The number of ketones is 1. The summed E-state index contributed by atoms with van der Waals surface area (Å²) in [7, 11) is 0. The molecule has 1 aliphatic heterocycles. The van der Waals surface area contributed by atoms with Crippen LogP contribution in [0.4, 0.5) is 5.69 Å². The average molecular weight is 298 g/mol. The number of anilines is 1. The number of carboxylic acids is 1. The van der Waals surface area contributed by atoms with Gasteiger partial charge in [0.25, 0.3) is 11.7 Å². The van der Waals surface area contributed by atoms with Crippen LogP contribution in [0.2, 0.25) is 0 Å². The molecule has 1 atom stereocenters. The van der Waals surface area contributed by atoms with Crippen molar-refractivity contribution in [1.29, 1.82) is 0 Å². The molecule has 0 spiro atoms. The number of hydrogen-bond acceptors (Lipinski definition) is 3. The first-order chi connectivity index (χ1) is 7.93. The van der Waals surface area contributed by atoms with Gasteiger partial charge in [0.15, 0.2) is 0 Å². The van der Waals surface area contributed by atoms with Crippen LogP contribution in [0, 0.1) is 0 Å². The van der Waals surface area contributed by atoms with Crippen LogP contribution in [0.1, 0.15) is 17.3 Å². The second kappa shape index (κ2) is 3.96. The number of amides is 1. The van der Waals surface area contributed by atoms with Crippen LogP contribution in [0.3, 0.4) is 0 Å². The molecule has 1 aromatic rings. The lowest BCUT2D eigenvalue weighted by Crippen LogP contribution is -2.42. The van der Waals surface area contributed by atoms with Crippen molar-refractivity contribution in [3.05, 3.63) is 28.2 Å². The van der Waals surface area contributed by atoms with Gasteiger partial charge in [-0.15, -0.1) is 0 Å². The Labute approximate surface area is 105 Å². The average Bonchev–Trinajstić information content (AvgIpc) is 2.51. The highest BCUT2D eigenvalue weighted by molar-refractivity contribution is 9.10. The first kappa shape index (κ1) is 11.8. The summed E-state index contributed by atoms with van der Waals surface area (Å²) in [5.41, 5.74) is 0.579. The van der Waals surface area contributed by atoms with E-state index >= 15 is 0 Å². The third-order valence-electron chi connectivity index (χ3n) is 2.62. The lowest BCUT2D eigenvalue weighted by molar-refractivity contribution is -0.139. The fraction of sp³-hybridized carbons (Fsp3) is 0.182. The highest BCUT2D eigenvalue weighted by atomic mass is 79.9. The number of rotatable bonds is 2. The van der Waals surface area contributed by atoms with Crippen molar-refractivity contribution in [1.82, 2.24) is 0 Å². The summed E-state index contributed by atoms with van der Waals surface area (Å²) in [4.78, 5) is 35.3. The van der Waals surface area contributed by atoms with Crippen molar-refractivity contribution in [2.45, 2.75) is 13.0 Å². The molecule has 0 aliphatic carbocycles. The zero-order chi connectivity index (χ0) is 12.7. The fourth-order valence-electron chi connectivity index (χ4n) is 1.73. The summed E-state index contributed by atoms with van der Waals surface area (Å²) in [5, 5.41) is 8.91. The number of hydrogen-bond donors (Lipinski definition) is 1. The Morgan fingerprint density at radius 2 is 2.06 bits per heavy atom. The third kappa shape index (κ3) is 1.74. The van der Waals surface area contributed by atoms with Crippen molar-refractivity contribution in [2.24, 2.45) is 0 Å². The van der Waals surface area contributed by atoms with Gasteiger partial charge in [-0.1, -0.05) is 15.9 Å². The van der Waals surface area contributed by atoms with E-state index in [9.17, 15) is 14.4 Å². The first-order valence-corrected chi connectivity index (χ1v) is 5.63. The lowest BCUT2D eigenvalue weighted by Gasteiger charge is -2.20. The molecule has 0 bridgehead atoms. The number of aliphatic carboxylic acids is 1. The molecule has 6 heteroatoms. The molecule has 1 aliphatic rings. The van der Waals surface area contributed by atoms with E-state index in [-0.39, 0.29) is 5.56 Å². The zero-order valence-corrected chi connectivity index (χ0v) is 10.4. The summed E-state index contributed by atoms with van der Waals surface area (Å²) >= 11 is 3.20. The van der Waals surface area contributed by atoms with Crippen molar-refractivity contribution in [3.8, 4) is 0 Å². The Morgan fingerprint density at radius 1 is 1.41 bits per heavy atom. The molecule has 1 aromatic carbocycles. The smallest absolute Gasteiger partial charge is 0.326 e. The molecule has 0 unspecified atom stereocenters. The maximum Gasteiger partial charge on any atom is 0.326 e. The summed E-state index contributed by atoms with van der Waals surface area (Å²) in [6.07, 6.45) is 0. The van der Waals surface area contributed by atoms with E-state index in [1.807, 2.05) is 0 Å². The van der Waals surface area contributed by atoms with E-state index in [2.05, 4.69) is 15.9 Å². The minimum absolute atomic E-state index is 0.234. The minimum Gasteiger partial charge on any atom is -0.480 e. The van der Waals surface area contributed by atoms with Crippen LogP contribution in [0.15, 0.2) is 22.7 Å². The second-order valence-corrected chi connectivity index (χ2v) is 4.60. The zero-order valence-electron chi connectivity index (χ0n) is 8.81. The minimum atomic E-state index is -1.15. The first-order valence-electron chi connectivity index (χ1n) is 4.83. The fourth-order valence-corrected chi connectivity index (χ4v) is 2.09. The molecule has 1 amide bonds. The van der Waals surface area contributed by atoms with Gasteiger partial charge < -0.3 is 5.11 Å². The van der Waals surface area contributed by atoms with Crippen molar-refractivity contribution in [2.75, 3.05) is 4.90 Å². The molecule has 1 N–H and O–H groups in total.